The molecule has 0 aliphatic carbocycles. The zero-order chi connectivity index (χ0) is 17.8. The first-order chi connectivity index (χ1) is 12.0. The zero-order valence-electron chi connectivity index (χ0n) is 14.9. The second-order valence-electron chi connectivity index (χ2n) is 6.84. The van der Waals surface area contributed by atoms with Crippen LogP contribution in [0.3, 0.4) is 0 Å². The molecular weight excluding hydrogens is 316 g/mol. The molecule has 1 aliphatic rings. The minimum Gasteiger partial charge on any atom is -0.385 e. The van der Waals surface area contributed by atoms with Gasteiger partial charge >= 0.3 is 0 Å². The molecule has 2 aromatic rings. The van der Waals surface area contributed by atoms with Crippen LogP contribution >= 0.6 is 0 Å². The number of amides is 1. The predicted octanol–water partition coefficient (Wildman–Crippen LogP) is 2.11. The fraction of sp³-hybridized carbons (Fsp3) is 0.474. The number of nitrogens with zero attached hydrogens (tertiary/aromatic N) is 3. The van der Waals surface area contributed by atoms with Gasteiger partial charge in [0, 0.05) is 37.6 Å². The van der Waals surface area contributed by atoms with Crippen molar-refractivity contribution in [2.45, 2.75) is 25.9 Å². The van der Waals surface area contributed by atoms with Gasteiger partial charge in [0.2, 0.25) is 5.91 Å². The Kier molecular flexibility index (Phi) is 5.50. The van der Waals surface area contributed by atoms with E-state index in [0.717, 1.165) is 30.6 Å². The summed E-state index contributed by atoms with van der Waals surface area (Å²) in [6, 6.07) is 7.77. The van der Waals surface area contributed by atoms with E-state index in [1.807, 2.05) is 49.0 Å². The Labute approximate surface area is 148 Å². The number of carbonyl (C=O) groups is 1. The average molecular weight is 342 g/mol. The lowest BCUT2D eigenvalue weighted by Gasteiger charge is -2.34. The summed E-state index contributed by atoms with van der Waals surface area (Å²) < 4.78 is 1.86. The number of nitrogens with one attached hydrogen (secondary N) is 1. The lowest BCUT2D eigenvalue weighted by Crippen LogP contribution is -2.42. The van der Waals surface area contributed by atoms with Crippen molar-refractivity contribution < 1.29 is 9.90 Å². The molecule has 2 atom stereocenters. The standard InChI is InChI=1S/C19H26N4O2/c1-14-6-3-4-8-16(14)21-17(24)13-23-10-5-7-15(12-23)18(25)19-20-9-11-22(19)2/h3-4,6,8-9,11,15,18,25H,5,7,10,12-13H2,1-2H3,(H,21,24)/t15-,18+/m0/s1. The van der Waals surface area contributed by atoms with Gasteiger partial charge in [0.15, 0.2) is 0 Å². The highest BCUT2D eigenvalue weighted by Gasteiger charge is 2.29. The van der Waals surface area contributed by atoms with Crippen LogP contribution in [0.2, 0.25) is 0 Å². The second-order valence-corrected chi connectivity index (χ2v) is 6.84. The maximum atomic E-state index is 12.4. The minimum absolute atomic E-state index is 0.0126. The van der Waals surface area contributed by atoms with Crippen LogP contribution in [0.15, 0.2) is 36.7 Å². The molecule has 2 heterocycles. The number of hydrogen-bond donors (Lipinski definition) is 2. The first-order valence-electron chi connectivity index (χ1n) is 8.77. The van der Waals surface area contributed by atoms with Gasteiger partial charge in [-0.05, 0) is 37.9 Å². The molecule has 6 nitrogen and oxygen atoms in total. The molecular formula is C19H26N4O2. The first kappa shape index (κ1) is 17.6. The summed E-state index contributed by atoms with van der Waals surface area (Å²) >= 11 is 0. The maximum Gasteiger partial charge on any atom is 0.238 e. The molecule has 0 spiro atoms. The molecule has 6 heteroatoms. The predicted molar refractivity (Wildman–Crippen MR) is 97.1 cm³/mol. The van der Waals surface area contributed by atoms with Gasteiger partial charge in [0.1, 0.15) is 11.9 Å². The highest BCUT2D eigenvalue weighted by molar-refractivity contribution is 5.92. The van der Waals surface area contributed by atoms with Crippen LogP contribution in [0.1, 0.15) is 30.3 Å². The van der Waals surface area contributed by atoms with Gasteiger partial charge in [-0.15, -0.1) is 0 Å². The van der Waals surface area contributed by atoms with Crippen molar-refractivity contribution in [1.29, 1.82) is 0 Å². The monoisotopic (exact) mass is 342 g/mol. The number of carbonyl (C=O) groups excluding carboxylic acids is 1. The molecule has 0 unspecified atom stereocenters. The van der Waals surface area contributed by atoms with Crippen LogP contribution < -0.4 is 5.32 Å². The molecule has 3 rings (SSSR count). The fourth-order valence-electron chi connectivity index (χ4n) is 3.47. The second kappa shape index (κ2) is 7.80. The number of imidazole rings is 1. The fourth-order valence-corrected chi connectivity index (χ4v) is 3.47. The van der Waals surface area contributed by atoms with Gasteiger partial charge in [-0.1, -0.05) is 18.2 Å². The largest absolute Gasteiger partial charge is 0.385 e. The summed E-state index contributed by atoms with van der Waals surface area (Å²) in [5, 5.41) is 13.6. The van der Waals surface area contributed by atoms with E-state index in [2.05, 4.69) is 15.2 Å². The molecule has 1 aromatic carbocycles. The van der Waals surface area contributed by atoms with Gasteiger partial charge in [-0.3, -0.25) is 9.69 Å². The maximum absolute atomic E-state index is 12.4. The lowest BCUT2D eigenvalue weighted by molar-refractivity contribution is -0.118. The van der Waals surface area contributed by atoms with Gasteiger partial charge < -0.3 is 15.0 Å². The van der Waals surface area contributed by atoms with Crippen LogP contribution in [-0.4, -0.2) is 45.1 Å². The molecule has 2 N–H and O–H groups in total. The molecule has 1 fully saturated rings. The smallest absolute Gasteiger partial charge is 0.238 e. The van der Waals surface area contributed by atoms with Crippen LogP contribution in [0, 0.1) is 12.8 Å². The minimum atomic E-state index is -0.595. The summed E-state index contributed by atoms with van der Waals surface area (Å²) in [7, 11) is 1.89. The number of rotatable bonds is 5. The van der Waals surface area contributed by atoms with E-state index in [1.165, 1.54) is 0 Å². The van der Waals surface area contributed by atoms with Crippen molar-refractivity contribution in [2.24, 2.45) is 13.0 Å². The molecule has 134 valence electrons. The van der Waals surface area contributed by atoms with Crippen molar-refractivity contribution >= 4 is 11.6 Å². The SMILES string of the molecule is Cc1ccccc1NC(=O)CN1CCC[C@H]([C@@H](O)c2nccn2C)C1. The number of piperidine rings is 1. The Balaban J connectivity index is 1.57. The van der Waals surface area contributed by atoms with E-state index in [9.17, 15) is 9.90 Å². The van der Waals surface area contributed by atoms with Crippen LogP contribution in [-0.2, 0) is 11.8 Å². The van der Waals surface area contributed by atoms with E-state index in [4.69, 9.17) is 0 Å². The molecule has 25 heavy (non-hydrogen) atoms. The number of para-hydroxylation sites is 1. The Morgan fingerprint density at radius 3 is 2.96 bits per heavy atom. The third kappa shape index (κ3) is 4.27. The lowest BCUT2D eigenvalue weighted by atomic mass is 9.92. The van der Waals surface area contributed by atoms with Crippen molar-refractivity contribution in [3.63, 3.8) is 0 Å². The molecule has 0 radical (unpaired) electrons. The highest BCUT2D eigenvalue weighted by Crippen LogP contribution is 2.28. The molecule has 1 saturated heterocycles. The summed E-state index contributed by atoms with van der Waals surface area (Å²) in [4.78, 5) is 18.7. The first-order valence-corrected chi connectivity index (χ1v) is 8.77. The number of hydrogen-bond acceptors (Lipinski definition) is 4. The van der Waals surface area contributed by atoms with Gasteiger partial charge in [0.05, 0.1) is 6.54 Å². The topological polar surface area (TPSA) is 70.4 Å². The average Bonchev–Trinajstić information content (AvgIpc) is 3.02. The van der Waals surface area contributed by atoms with Crippen molar-refractivity contribution in [2.75, 3.05) is 25.0 Å². The van der Waals surface area contributed by atoms with E-state index < -0.39 is 6.10 Å². The van der Waals surface area contributed by atoms with E-state index >= 15 is 0 Å². The van der Waals surface area contributed by atoms with Crippen molar-refractivity contribution in [1.82, 2.24) is 14.5 Å². The number of aliphatic hydroxyl groups is 1. The van der Waals surface area contributed by atoms with Crippen LogP contribution in [0.25, 0.3) is 0 Å². The summed E-state index contributed by atoms with van der Waals surface area (Å²) in [6.07, 6.45) is 4.87. The molecule has 1 amide bonds. The number of anilines is 1. The Hall–Kier alpha value is -2.18. The summed E-state index contributed by atoms with van der Waals surface area (Å²) in [5.41, 5.74) is 1.91. The highest BCUT2D eigenvalue weighted by atomic mass is 16.3. The third-order valence-corrected chi connectivity index (χ3v) is 4.90. The van der Waals surface area contributed by atoms with Gasteiger partial charge in [-0.2, -0.15) is 0 Å². The number of benzene rings is 1. The van der Waals surface area contributed by atoms with Crippen LogP contribution in [0.4, 0.5) is 5.69 Å². The van der Waals surface area contributed by atoms with Crippen molar-refractivity contribution in [3.05, 3.63) is 48.0 Å². The number of aliphatic hydroxyl groups excluding tert-OH is 1. The normalized spacial score (nSPS) is 19.6. The Bertz CT molecular complexity index is 728. The molecule has 0 bridgehead atoms. The van der Waals surface area contributed by atoms with Crippen molar-refractivity contribution in [3.8, 4) is 0 Å². The Morgan fingerprint density at radius 2 is 2.24 bits per heavy atom. The number of aromatic nitrogens is 2. The van der Waals surface area contributed by atoms with E-state index in [1.54, 1.807) is 6.20 Å². The molecule has 1 aromatic heterocycles. The quantitative estimate of drug-likeness (QED) is 0.873. The van der Waals surface area contributed by atoms with Crippen LogP contribution in [0.5, 0.6) is 0 Å². The third-order valence-electron chi connectivity index (χ3n) is 4.90. The molecule has 1 aliphatic heterocycles. The Morgan fingerprint density at radius 1 is 1.44 bits per heavy atom. The molecule has 0 saturated carbocycles. The summed E-state index contributed by atoms with van der Waals surface area (Å²) in [6.45, 7) is 3.91. The summed E-state index contributed by atoms with van der Waals surface area (Å²) in [5.74, 6) is 0.777. The zero-order valence-corrected chi connectivity index (χ0v) is 14.9. The van der Waals surface area contributed by atoms with Gasteiger partial charge in [-0.25, -0.2) is 4.98 Å². The number of likely N-dealkylation sites (tertiary alicyclic amines) is 1. The van der Waals surface area contributed by atoms with Gasteiger partial charge in [0.25, 0.3) is 0 Å². The number of aryl methyl sites for hydroxylation is 2. The van der Waals surface area contributed by atoms with E-state index in [0.29, 0.717) is 18.9 Å². The van der Waals surface area contributed by atoms with E-state index in [-0.39, 0.29) is 11.8 Å².